The summed E-state index contributed by atoms with van der Waals surface area (Å²) < 4.78 is 0. The first-order valence-electron chi connectivity index (χ1n) is 17.2. The number of aromatic nitrogens is 4. The van der Waals surface area contributed by atoms with Gasteiger partial charge in [-0.1, -0.05) is 24.6 Å². The highest BCUT2D eigenvalue weighted by Gasteiger charge is 2.42. The van der Waals surface area contributed by atoms with E-state index in [4.69, 9.17) is 0 Å². The number of thioether (sulfide) groups is 1. The van der Waals surface area contributed by atoms with E-state index in [1.165, 1.54) is 0 Å². The molecule has 0 spiro atoms. The zero-order valence-electron chi connectivity index (χ0n) is 28.1. The smallest absolute Gasteiger partial charge is 0.315 e. The molecule has 4 N–H and O–H groups in total. The fraction of sp³-hybridized carbons (Fsp3) is 0.405. The molecular weight excluding hydrogens is 651 g/mol. The van der Waals surface area contributed by atoms with Crippen molar-refractivity contribution >= 4 is 29.4 Å². The lowest BCUT2D eigenvalue weighted by Gasteiger charge is -2.29. The Morgan fingerprint density at radius 1 is 0.800 bits per heavy atom. The van der Waals surface area contributed by atoms with E-state index in [2.05, 4.69) is 45.7 Å². The molecule has 0 aromatic carbocycles. The molecule has 12 nitrogen and oxygen atoms in total. The highest BCUT2D eigenvalue weighted by molar-refractivity contribution is 8.00. The number of carbonyl (C=O) groups is 2. The van der Waals surface area contributed by atoms with Crippen molar-refractivity contribution in [2.45, 2.75) is 75.3 Å². The SMILES string of the molecule is O=C(CCCC[C@@H]1SC[C@@H]2NC(=O)N[C@@H]21)Nc1ccnc(CN(Cc2ccccn2)CC(O)CN(Cc2ccccn2)Cc2ccccn2)c1. The van der Waals surface area contributed by atoms with Gasteiger partial charge in [0.1, 0.15) is 0 Å². The normalized spacial score (nSPS) is 18.9. The van der Waals surface area contributed by atoms with Crippen molar-refractivity contribution in [3.8, 4) is 0 Å². The Morgan fingerprint density at radius 3 is 1.96 bits per heavy atom. The predicted octanol–water partition coefficient (Wildman–Crippen LogP) is 4.00. The van der Waals surface area contributed by atoms with E-state index in [9.17, 15) is 14.7 Å². The van der Waals surface area contributed by atoms with Gasteiger partial charge in [-0.3, -0.25) is 34.5 Å². The highest BCUT2D eigenvalue weighted by Crippen LogP contribution is 2.33. The number of amides is 3. The third kappa shape index (κ3) is 10.8. The molecule has 2 aliphatic heterocycles. The highest BCUT2D eigenvalue weighted by atomic mass is 32.2. The first kappa shape index (κ1) is 35.4. The number of pyridine rings is 4. The predicted molar refractivity (Wildman–Crippen MR) is 194 cm³/mol. The van der Waals surface area contributed by atoms with E-state index >= 15 is 0 Å². The van der Waals surface area contributed by atoms with Crippen LogP contribution in [0.25, 0.3) is 0 Å². The van der Waals surface area contributed by atoms with Crippen LogP contribution in [-0.2, 0) is 31.0 Å². The lowest BCUT2D eigenvalue weighted by Crippen LogP contribution is -2.40. The number of carbonyl (C=O) groups excluding carboxylic acids is 2. The van der Waals surface area contributed by atoms with Crippen LogP contribution in [0.1, 0.15) is 48.5 Å². The average molecular weight is 696 g/mol. The maximum absolute atomic E-state index is 12.8. The number of hydrogen-bond donors (Lipinski definition) is 4. The summed E-state index contributed by atoms with van der Waals surface area (Å²) in [5, 5.41) is 20.9. The second-order valence-electron chi connectivity index (χ2n) is 12.9. The number of nitrogens with zero attached hydrogens (tertiary/aromatic N) is 6. The van der Waals surface area contributed by atoms with E-state index in [0.717, 1.165) is 47.8 Å². The fourth-order valence-corrected chi connectivity index (χ4v) is 8.10. The molecule has 4 aromatic rings. The maximum atomic E-state index is 12.8. The Hall–Kier alpha value is -4.43. The Bertz CT molecular complexity index is 1610. The topological polar surface area (TPSA) is 148 Å². The number of unbranched alkanes of at least 4 members (excludes halogenated alkanes) is 1. The Kier molecular flexibility index (Phi) is 12.7. The number of aliphatic hydroxyl groups is 1. The van der Waals surface area contributed by atoms with Crippen molar-refractivity contribution in [3.05, 3.63) is 114 Å². The van der Waals surface area contributed by atoms with Crippen molar-refractivity contribution in [2.75, 3.05) is 24.2 Å². The van der Waals surface area contributed by atoms with Gasteiger partial charge in [0.15, 0.2) is 0 Å². The zero-order valence-corrected chi connectivity index (χ0v) is 28.9. The van der Waals surface area contributed by atoms with Gasteiger partial charge in [-0.25, -0.2) is 4.79 Å². The molecule has 6 rings (SSSR count). The summed E-state index contributed by atoms with van der Waals surface area (Å²) in [6.45, 7) is 2.95. The maximum Gasteiger partial charge on any atom is 0.315 e. The third-order valence-electron chi connectivity index (χ3n) is 8.84. The van der Waals surface area contributed by atoms with Gasteiger partial charge in [-0.05, 0) is 61.4 Å². The molecule has 3 amide bonds. The van der Waals surface area contributed by atoms with Gasteiger partial charge in [0.25, 0.3) is 0 Å². The molecule has 2 saturated heterocycles. The zero-order chi connectivity index (χ0) is 34.5. The molecule has 4 aromatic heterocycles. The molecule has 2 fully saturated rings. The van der Waals surface area contributed by atoms with Gasteiger partial charge < -0.3 is 21.1 Å². The van der Waals surface area contributed by atoms with Crippen LogP contribution >= 0.6 is 11.8 Å². The van der Waals surface area contributed by atoms with Gasteiger partial charge in [0.2, 0.25) is 5.91 Å². The summed E-state index contributed by atoms with van der Waals surface area (Å²) in [5.41, 5.74) is 4.22. The first-order chi connectivity index (χ1) is 24.5. The van der Waals surface area contributed by atoms with Crippen LogP contribution in [0.15, 0.2) is 91.5 Å². The fourth-order valence-electron chi connectivity index (χ4n) is 6.56. The Labute approximate surface area is 297 Å². The van der Waals surface area contributed by atoms with Crippen LogP contribution in [0.2, 0.25) is 0 Å². The number of fused-ring (bicyclic) bond motifs is 1. The summed E-state index contributed by atoms with van der Waals surface area (Å²) in [7, 11) is 0. The summed E-state index contributed by atoms with van der Waals surface area (Å²) in [4.78, 5) is 46.9. The lowest BCUT2D eigenvalue weighted by molar-refractivity contribution is -0.116. The number of nitrogens with one attached hydrogen (secondary N) is 3. The van der Waals surface area contributed by atoms with Crippen LogP contribution in [-0.4, -0.2) is 89.1 Å². The summed E-state index contributed by atoms with van der Waals surface area (Å²) >= 11 is 1.90. The van der Waals surface area contributed by atoms with E-state index in [-0.39, 0.29) is 24.0 Å². The van der Waals surface area contributed by atoms with Crippen LogP contribution < -0.4 is 16.0 Å². The minimum Gasteiger partial charge on any atom is -0.390 e. The van der Waals surface area contributed by atoms with Gasteiger partial charge in [0.05, 0.1) is 41.0 Å². The number of hydrogen-bond acceptors (Lipinski definition) is 10. The van der Waals surface area contributed by atoms with Crippen molar-refractivity contribution in [3.63, 3.8) is 0 Å². The van der Waals surface area contributed by atoms with Gasteiger partial charge in [0, 0.05) is 87.2 Å². The third-order valence-corrected chi connectivity index (χ3v) is 10.3. The van der Waals surface area contributed by atoms with E-state index in [1.54, 1.807) is 30.9 Å². The molecule has 6 heterocycles. The Balaban J connectivity index is 1.04. The largest absolute Gasteiger partial charge is 0.390 e. The second kappa shape index (κ2) is 18.0. The molecule has 1 unspecified atom stereocenters. The number of urea groups is 1. The van der Waals surface area contributed by atoms with Crippen molar-refractivity contribution in [2.24, 2.45) is 0 Å². The van der Waals surface area contributed by atoms with Crippen LogP contribution in [0.4, 0.5) is 10.5 Å². The van der Waals surface area contributed by atoms with Crippen LogP contribution in [0.3, 0.4) is 0 Å². The molecule has 262 valence electrons. The van der Waals surface area contributed by atoms with Crippen LogP contribution in [0, 0.1) is 0 Å². The van der Waals surface area contributed by atoms with E-state index in [1.807, 2.05) is 72.4 Å². The minimum atomic E-state index is -0.677. The van der Waals surface area contributed by atoms with E-state index < -0.39 is 6.10 Å². The number of aliphatic hydroxyl groups excluding tert-OH is 1. The summed E-state index contributed by atoms with van der Waals surface area (Å²) in [5.74, 6) is 0.907. The minimum absolute atomic E-state index is 0.0309. The van der Waals surface area contributed by atoms with Crippen molar-refractivity contribution in [1.29, 1.82) is 0 Å². The standard InChI is InChI=1S/C37H45N9O3S/c47-32(24-45(20-28-9-3-6-15-38-28)21-29-10-4-7-16-39-29)25-46(22-30-11-5-8-17-40-30)23-31-19-27(14-18-41-31)42-35(48)13-2-1-12-34-36-33(26-50-34)43-37(49)44-36/h3-11,14-19,32-34,36,47H,1-2,12-13,20-26H2,(H,41,42,48)(H2,43,44,49)/t32?,33-,34-,36-/m0/s1. The quantitative estimate of drug-likeness (QED) is 0.0890. The molecule has 0 radical (unpaired) electrons. The lowest BCUT2D eigenvalue weighted by atomic mass is 10.0. The first-order valence-corrected chi connectivity index (χ1v) is 18.3. The molecule has 0 saturated carbocycles. The molecule has 4 atom stereocenters. The Morgan fingerprint density at radius 2 is 1.38 bits per heavy atom. The van der Waals surface area contributed by atoms with Gasteiger partial charge in [-0.15, -0.1) is 0 Å². The van der Waals surface area contributed by atoms with E-state index in [0.29, 0.717) is 56.6 Å². The summed E-state index contributed by atoms with van der Waals surface area (Å²) in [6, 6.07) is 21.6. The summed E-state index contributed by atoms with van der Waals surface area (Å²) in [6.07, 6.45) is 9.48. The molecule has 50 heavy (non-hydrogen) atoms. The monoisotopic (exact) mass is 695 g/mol. The van der Waals surface area contributed by atoms with Crippen molar-refractivity contribution < 1.29 is 14.7 Å². The van der Waals surface area contributed by atoms with Gasteiger partial charge >= 0.3 is 6.03 Å². The second-order valence-corrected chi connectivity index (χ2v) is 14.2. The van der Waals surface area contributed by atoms with Crippen LogP contribution in [0.5, 0.6) is 0 Å². The molecule has 0 aliphatic carbocycles. The number of anilines is 1. The molecule has 2 aliphatic rings. The van der Waals surface area contributed by atoms with Gasteiger partial charge in [-0.2, -0.15) is 11.8 Å². The molecular formula is C37H45N9O3S. The van der Waals surface area contributed by atoms with Crippen molar-refractivity contribution in [1.82, 2.24) is 40.4 Å². The average Bonchev–Trinajstić information content (AvgIpc) is 3.67. The number of rotatable bonds is 18. The molecule has 0 bridgehead atoms. The molecule has 13 heteroatoms.